The summed E-state index contributed by atoms with van der Waals surface area (Å²) in [7, 11) is 0. The Morgan fingerprint density at radius 1 is 0.842 bits per heavy atom. The van der Waals surface area contributed by atoms with E-state index in [0.717, 1.165) is 18.3 Å². The molecule has 0 atom stereocenters. The van der Waals surface area contributed by atoms with Gasteiger partial charge in [-0.1, -0.05) is 60.7 Å². The zero-order valence-corrected chi connectivity index (χ0v) is 10.5. The largest absolute Gasteiger partial charge is 0.298 e. The number of carbonyl (C=O) groups excluding carboxylic acids is 1. The van der Waals surface area contributed by atoms with E-state index in [1.54, 1.807) is 0 Å². The van der Waals surface area contributed by atoms with Crippen molar-refractivity contribution in [2.75, 3.05) is 0 Å². The third-order valence-corrected chi connectivity index (χ3v) is 3.36. The van der Waals surface area contributed by atoms with Crippen LogP contribution in [-0.2, 0) is 6.42 Å². The molecule has 0 unspecified atom stereocenters. The predicted molar refractivity (Wildman–Crippen MR) is 78.6 cm³/mol. The lowest BCUT2D eigenvalue weighted by molar-refractivity contribution is 0.112. The van der Waals surface area contributed by atoms with Gasteiger partial charge in [-0.2, -0.15) is 0 Å². The summed E-state index contributed by atoms with van der Waals surface area (Å²) in [5.41, 5.74) is 3.19. The maximum absolute atomic E-state index is 10.8. The molecule has 1 nitrogen and oxygen atoms in total. The van der Waals surface area contributed by atoms with Crippen molar-refractivity contribution in [2.45, 2.75) is 6.42 Å². The van der Waals surface area contributed by atoms with Crippen LogP contribution < -0.4 is 0 Å². The van der Waals surface area contributed by atoms with Gasteiger partial charge in [-0.05, 0) is 34.4 Å². The molecule has 0 radical (unpaired) electrons. The van der Waals surface area contributed by atoms with E-state index in [1.165, 1.54) is 21.9 Å². The Morgan fingerprint density at radius 2 is 1.63 bits per heavy atom. The fraction of sp³-hybridized carbons (Fsp3) is 0.0556. The highest BCUT2D eigenvalue weighted by atomic mass is 16.1. The Hall–Kier alpha value is -2.41. The molecule has 0 spiro atoms. The molecule has 0 saturated heterocycles. The Morgan fingerprint density at radius 3 is 2.53 bits per heavy atom. The van der Waals surface area contributed by atoms with Gasteiger partial charge in [-0.3, -0.25) is 4.79 Å². The molecule has 0 bridgehead atoms. The number of aldehydes is 1. The normalized spacial score (nSPS) is 10.5. The molecule has 19 heavy (non-hydrogen) atoms. The summed E-state index contributed by atoms with van der Waals surface area (Å²) in [6.07, 6.45) is 1.75. The highest BCUT2D eigenvalue weighted by Gasteiger charge is 2.02. The summed E-state index contributed by atoms with van der Waals surface area (Å²) >= 11 is 0. The smallest absolute Gasteiger partial charge is 0.150 e. The molecule has 3 aromatic rings. The second kappa shape index (κ2) is 5.07. The molecular weight excluding hydrogens is 232 g/mol. The summed E-state index contributed by atoms with van der Waals surface area (Å²) in [6.45, 7) is 0. The summed E-state index contributed by atoms with van der Waals surface area (Å²) in [6, 6.07) is 22.5. The van der Waals surface area contributed by atoms with Gasteiger partial charge >= 0.3 is 0 Å². The number of hydrogen-bond donors (Lipinski definition) is 0. The van der Waals surface area contributed by atoms with Crippen LogP contribution in [0.3, 0.4) is 0 Å². The van der Waals surface area contributed by atoms with E-state index < -0.39 is 0 Å². The molecular formula is C18H14O. The predicted octanol–water partition coefficient (Wildman–Crippen LogP) is 4.24. The van der Waals surface area contributed by atoms with Crippen LogP contribution >= 0.6 is 0 Å². The van der Waals surface area contributed by atoms with Gasteiger partial charge in [-0.15, -0.1) is 0 Å². The lowest BCUT2D eigenvalue weighted by atomic mass is 9.98. The molecule has 0 saturated carbocycles. The van der Waals surface area contributed by atoms with Crippen LogP contribution in [0.5, 0.6) is 0 Å². The van der Waals surface area contributed by atoms with Gasteiger partial charge in [0.15, 0.2) is 0 Å². The molecule has 0 aromatic heterocycles. The van der Waals surface area contributed by atoms with Gasteiger partial charge in [0, 0.05) is 5.56 Å². The summed E-state index contributed by atoms with van der Waals surface area (Å²) in [4.78, 5) is 10.8. The summed E-state index contributed by atoms with van der Waals surface area (Å²) in [5, 5.41) is 2.54. The molecule has 0 heterocycles. The second-order valence-electron chi connectivity index (χ2n) is 4.68. The Kier molecular flexibility index (Phi) is 3.11. The van der Waals surface area contributed by atoms with Crippen LogP contribution in [0.1, 0.15) is 21.5 Å². The highest BCUT2D eigenvalue weighted by Crippen LogP contribution is 2.21. The highest BCUT2D eigenvalue weighted by molar-refractivity contribution is 5.86. The molecule has 3 rings (SSSR count). The Bertz CT molecular complexity index is 723. The SMILES string of the molecule is O=Cc1cccc(Cc2cccc3ccccc23)c1. The average molecular weight is 246 g/mol. The van der Waals surface area contributed by atoms with Crippen molar-refractivity contribution in [1.82, 2.24) is 0 Å². The molecule has 0 aliphatic rings. The number of benzene rings is 3. The molecule has 3 aromatic carbocycles. The van der Waals surface area contributed by atoms with Crippen molar-refractivity contribution in [1.29, 1.82) is 0 Å². The minimum absolute atomic E-state index is 0.734. The monoisotopic (exact) mass is 246 g/mol. The van der Waals surface area contributed by atoms with Crippen molar-refractivity contribution in [3.63, 3.8) is 0 Å². The standard InChI is InChI=1S/C18H14O/c19-13-15-6-3-5-14(11-15)12-17-9-4-8-16-7-1-2-10-18(16)17/h1-11,13H,12H2. The third kappa shape index (κ3) is 2.41. The zero-order valence-electron chi connectivity index (χ0n) is 10.5. The first-order valence-corrected chi connectivity index (χ1v) is 6.37. The van der Waals surface area contributed by atoms with Crippen molar-refractivity contribution >= 4 is 17.1 Å². The Balaban J connectivity index is 2.03. The van der Waals surface area contributed by atoms with Gasteiger partial charge in [0.25, 0.3) is 0 Å². The Labute approximate surface area is 112 Å². The second-order valence-corrected chi connectivity index (χ2v) is 4.68. The first-order valence-electron chi connectivity index (χ1n) is 6.37. The van der Waals surface area contributed by atoms with E-state index in [9.17, 15) is 4.79 Å². The first kappa shape index (κ1) is 11.7. The maximum atomic E-state index is 10.8. The number of carbonyl (C=O) groups is 1. The molecule has 92 valence electrons. The van der Waals surface area contributed by atoms with Crippen LogP contribution in [0.15, 0.2) is 66.7 Å². The fourth-order valence-corrected chi connectivity index (χ4v) is 2.44. The summed E-state index contributed by atoms with van der Waals surface area (Å²) < 4.78 is 0. The molecule has 1 heteroatoms. The molecule has 0 amide bonds. The van der Waals surface area contributed by atoms with Crippen molar-refractivity contribution in [3.05, 3.63) is 83.4 Å². The van der Waals surface area contributed by atoms with E-state index in [1.807, 2.05) is 18.2 Å². The number of hydrogen-bond acceptors (Lipinski definition) is 1. The van der Waals surface area contributed by atoms with Crippen molar-refractivity contribution in [3.8, 4) is 0 Å². The van der Waals surface area contributed by atoms with Gasteiger partial charge in [0.05, 0.1) is 0 Å². The lowest BCUT2D eigenvalue weighted by Gasteiger charge is -2.07. The van der Waals surface area contributed by atoms with E-state index in [2.05, 4.69) is 48.5 Å². The minimum atomic E-state index is 0.734. The van der Waals surface area contributed by atoms with Gasteiger partial charge in [0.2, 0.25) is 0 Å². The average Bonchev–Trinajstić information content (AvgIpc) is 2.48. The molecule has 0 aliphatic carbocycles. The van der Waals surface area contributed by atoms with E-state index in [0.29, 0.717) is 0 Å². The van der Waals surface area contributed by atoms with E-state index >= 15 is 0 Å². The number of rotatable bonds is 3. The minimum Gasteiger partial charge on any atom is -0.298 e. The fourth-order valence-electron chi connectivity index (χ4n) is 2.44. The molecule has 0 fully saturated rings. The number of fused-ring (bicyclic) bond motifs is 1. The quantitative estimate of drug-likeness (QED) is 0.632. The molecule has 0 aliphatic heterocycles. The van der Waals surface area contributed by atoms with Crippen LogP contribution in [0.25, 0.3) is 10.8 Å². The van der Waals surface area contributed by atoms with Crippen LogP contribution in [0, 0.1) is 0 Å². The van der Waals surface area contributed by atoms with Crippen molar-refractivity contribution in [2.24, 2.45) is 0 Å². The van der Waals surface area contributed by atoms with Gasteiger partial charge < -0.3 is 0 Å². The topological polar surface area (TPSA) is 17.1 Å². The van der Waals surface area contributed by atoms with E-state index in [-0.39, 0.29) is 0 Å². The van der Waals surface area contributed by atoms with Gasteiger partial charge in [0.1, 0.15) is 6.29 Å². The summed E-state index contributed by atoms with van der Waals surface area (Å²) in [5.74, 6) is 0. The van der Waals surface area contributed by atoms with Crippen LogP contribution in [0.4, 0.5) is 0 Å². The van der Waals surface area contributed by atoms with Crippen molar-refractivity contribution < 1.29 is 4.79 Å². The lowest BCUT2D eigenvalue weighted by Crippen LogP contribution is -1.91. The molecule has 0 N–H and O–H groups in total. The third-order valence-electron chi connectivity index (χ3n) is 3.36. The van der Waals surface area contributed by atoms with Crippen LogP contribution in [0.2, 0.25) is 0 Å². The van der Waals surface area contributed by atoms with Crippen LogP contribution in [-0.4, -0.2) is 6.29 Å². The van der Waals surface area contributed by atoms with E-state index in [4.69, 9.17) is 0 Å². The zero-order chi connectivity index (χ0) is 13.1. The van der Waals surface area contributed by atoms with Gasteiger partial charge in [-0.25, -0.2) is 0 Å². The first-order chi connectivity index (χ1) is 9.36. The maximum Gasteiger partial charge on any atom is 0.150 e.